The Hall–Kier alpha value is -3.14. The van der Waals surface area contributed by atoms with Crippen molar-refractivity contribution in [2.75, 3.05) is 6.54 Å². The van der Waals surface area contributed by atoms with Crippen LogP contribution in [0.4, 0.5) is 0 Å². The van der Waals surface area contributed by atoms with Gasteiger partial charge in [-0.1, -0.05) is 62.4 Å². The monoisotopic (exact) mass is 357 g/mol. The number of nitrogens with zero attached hydrogens (tertiary/aromatic N) is 1. The van der Waals surface area contributed by atoms with Crippen LogP contribution >= 0.6 is 0 Å². The van der Waals surface area contributed by atoms with Gasteiger partial charge in [-0.25, -0.2) is 4.98 Å². The second-order valence-corrected chi connectivity index (χ2v) is 7.61. The molecule has 136 valence electrons. The number of aromatic nitrogens is 2. The predicted octanol–water partition coefficient (Wildman–Crippen LogP) is 4.33. The number of carbonyl (C=O) groups excluding carboxylic acids is 1. The highest BCUT2D eigenvalue weighted by atomic mass is 16.1. The SMILES string of the molecule is CC(C)(CNC=O)c1ccc2nc(Cc3cccc4ccccc34)[nH]c2c1. The number of nitrogens with one attached hydrogen (secondary N) is 2. The van der Waals surface area contributed by atoms with E-state index >= 15 is 0 Å². The number of carbonyl (C=O) groups is 1. The fourth-order valence-electron chi connectivity index (χ4n) is 3.59. The van der Waals surface area contributed by atoms with E-state index in [1.54, 1.807) is 0 Å². The normalized spacial score (nSPS) is 11.8. The predicted molar refractivity (Wildman–Crippen MR) is 110 cm³/mol. The molecule has 1 aromatic heterocycles. The van der Waals surface area contributed by atoms with Crippen molar-refractivity contribution in [3.05, 3.63) is 77.6 Å². The molecule has 4 aromatic rings. The minimum atomic E-state index is -0.143. The summed E-state index contributed by atoms with van der Waals surface area (Å²) in [6.07, 6.45) is 1.51. The van der Waals surface area contributed by atoms with Crippen LogP contribution in [0.5, 0.6) is 0 Å². The van der Waals surface area contributed by atoms with E-state index in [2.05, 4.69) is 84.8 Å². The van der Waals surface area contributed by atoms with E-state index in [0.717, 1.165) is 29.7 Å². The molecule has 4 rings (SSSR count). The second-order valence-electron chi connectivity index (χ2n) is 7.61. The van der Waals surface area contributed by atoms with Gasteiger partial charge in [0.2, 0.25) is 6.41 Å². The Bertz CT molecular complexity index is 1110. The quantitative estimate of drug-likeness (QED) is 0.505. The van der Waals surface area contributed by atoms with Crippen molar-refractivity contribution in [3.63, 3.8) is 0 Å². The summed E-state index contributed by atoms with van der Waals surface area (Å²) in [4.78, 5) is 18.9. The van der Waals surface area contributed by atoms with E-state index in [1.165, 1.54) is 21.9 Å². The number of benzene rings is 3. The third-order valence-corrected chi connectivity index (χ3v) is 5.18. The Morgan fingerprint density at radius 2 is 1.89 bits per heavy atom. The molecule has 1 heterocycles. The van der Waals surface area contributed by atoms with Gasteiger partial charge in [0.1, 0.15) is 5.82 Å². The molecule has 0 aliphatic carbocycles. The van der Waals surface area contributed by atoms with Gasteiger partial charge in [0.15, 0.2) is 0 Å². The highest BCUT2D eigenvalue weighted by molar-refractivity contribution is 5.86. The van der Waals surface area contributed by atoms with Crippen LogP contribution in [0.3, 0.4) is 0 Å². The molecule has 0 fully saturated rings. The Morgan fingerprint density at radius 3 is 2.74 bits per heavy atom. The summed E-state index contributed by atoms with van der Waals surface area (Å²) < 4.78 is 0. The molecule has 0 saturated heterocycles. The number of hydrogen-bond acceptors (Lipinski definition) is 2. The first-order chi connectivity index (χ1) is 13.1. The maximum Gasteiger partial charge on any atom is 0.207 e. The van der Waals surface area contributed by atoms with Gasteiger partial charge in [-0.2, -0.15) is 0 Å². The van der Waals surface area contributed by atoms with Crippen LogP contribution < -0.4 is 5.32 Å². The molecule has 0 aliphatic heterocycles. The molecule has 4 heteroatoms. The first kappa shape index (κ1) is 17.3. The topological polar surface area (TPSA) is 57.8 Å². The first-order valence-corrected chi connectivity index (χ1v) is 9.20. The highest BCUT2D eigenvalue weighted by Crippen LogP contribution is 2.26. The molecule has 0 radical (unpaired) electrons. The number of H-pyrrole nitrogens is 1. The van der Waals surface area contributed by atoms with Gasteiger partial charge in [0.05, 0.1) is 11.0 Å². The summed E-state index contributed by atoms with van der Waals surface area (Å²) in [5.41, 5.74) is 4.29. The van der Waals surface area contributed by atoms with Gasteiger partial charge in [0, 0.05) is 18.4 Å². The highest BCUT2D eigenvalue weighted by Gasteiger charge is 2.21. The molecule has 2 N–H and O–H groups in total. The number of fused-ring (bicyclic) bond motifs is 2. The van der Waals surface area contributed by atoms with Gasteiger partial charge in [-0.3, -0.25) is 4.79 Å². The summed E-state index contributed by atoms with van der Waals surface area (Å²) in [5.74, 6) is 0.960. The molecule has 0 saturated carbocycles. The lowest BCUT2D eigenvalue weighted by Crippen LogP contribution is -2.32. The van der Waals surface area contributed by atoms with E-state index in [1.807, 2.05) is 0 Å². The fourth-order valence-corrected chi connectivity index (χ4v) is 3.59. The lowest BCUT2D eigenvalue weighted by molar-refractivity contribution is -0.109. The maximum atomic E-state index is 10.6. The Kier molecular flexibility index (Phi) is 4.40. The van der Waals surface area contributed by atoms with Crippen LogP contribution in [0.15, 0.2) is 60.7 Å². The van der Waals surface area contributed by atoms with E-state index in [-0.39, 0.29) is 5.41 Å². The Labute approximate surface area is 158 Å². The van der Waals surface area contributed by atoms with Crippen LogP contribution in [0.2, 0.25) is 0 Å². The zero-order valence-electron chi connectivity index (χ0n) is 15.6. The summed E-state index contributed by atoms with van der Waals surface area (Å²) in [5, 5.41) is 5.30. The first-order valence-electron chi connectivity index (χ1n) is 9.20. The fraction of sp³-hybridized carbons (Fsp3) is 0.217. The smallest absolute Gasteiger partial charge is 0.207 e. The third kappa shape index (κ3) is 3.43. The molecular formula is C23H23N3O. The Morgan fingerprint density at radius 1 is 1.07 bits per heavy atom. The molecule has 27 heavy (non-hydrogen) atoms. The third-order valence-electron chi connectivity index (χ3n) is 5.18. The van der Waals surface area contributed by atoms with E-state index in [0.29, 0.717) is 6.54 Å². The van der Waals surface area contributed by atoms with Gasteiger partial charge in [-0.05, 0) is 34.0 Å². The summed E-state index contributed by atoms with van der Waals surface area (Å²) >= 11 is 0. The number of aromatic amines is 1. The molecule has 0 atom stereocenters. The average molecular weight is 357 g/mol. The molecule has 4 nitrogen and oxygen atoms in total. The summed E-state index contributed by atoms with van der Waals surface area (Å²) in [7, 11) is 0. The minimum absolute atomic E-state index is 0.143. The number of amides is 1. The van der Waals surface area contributed by atoms with Crippen LogP contribution in [0.25, 0.3) is 21.8 Å². The lowest BCUT2D eigenvalue weighted by Gasteiger charge is -2.24. The number of hydrogen-bond donors (Lipinski definition) is 2. The van der Waals surface area contributed by atoms with Crippen molar-refractivity contribution in [3.8, 4) is 0 Å². The van der Waals surface area contributed by atoms with E-state index < -0.39 is 0 Å². The molecule has 0 spiro atoms. The van der Waals surface area contributed by atoms with Crippen molar-refractivity contribution >= 4 is 28.2 Å². The van der Waals surface area contributed by atoms with E-state index in [9.17, 15) is 4.79 Å². The molecule has 0 bridgehead atoms. The minimum Gasteiger partial charge on any atom is -0.358 e. The molecular weight excluding hydrogens is 334 g/mol. The van der Waals surface area contributed by atoms with Crippen molar-refractivity contribution < 1.29 is 4.79 Å². The van der Waals surface area contributed by atoms with Crippen LogP contribution in [0, 0.1) is 0 Å². The molecule has 0 aliphatic rings. The zero-order chi connectivity index (χ0) is 18.9. The lowest BCUT2D eigenvalue weighted by atomic mass is 9.84. The van der Waals surface area contributed by atoms with Crippen molar-refractivity contribution in [2.24, 2.45) is 0 Å². The maximum absolute atomic E-state index is 10.6. The van der Waals surface area contributed by atoms with Crippen molar-refractivity contribution in [1.82, 2.24) is 15.3 Å². The molecule has 3 aromatic carbocycles. The standard InChI is InChI=1S/C23H23N3O/c1-23(2,14-24-15-27)18-10-11-20-21(13-18)26-22(25-20)12-17-8-5-7-16-6-3-4-9-19(16)17/h3-11,13,15H,12,14H2,1-2H3,(H,24,27)(H,25,26). The van der Waals surface area contributed by atoms with Gasteiger partial charge in [-0.15, -0.1) is 0 Å². The second kappa shape index (κ2) is 6.88. The number of imidazole rings is 1. The Balaban J connectivity index is 1.66. The summed E-state index contributed by atoms with van der Waals surface area (Å²) in [6.45, 7) is 4.84. The zero-order valence-corrected chi connectivity index (χ0v) is 15.6. The van der Waals surface area contributed by atoms with Crippen molar-refractivity contribution in [2.45, 2.75) is 25.7 Å². The average Bonchev–Trinajstić information content (AvgIpc) is 3.08. The van der Waals surface area contributed by atoms with Crippen LogP contribution in [0.1, 0.15) is 30.8 Å². The van der Waals surface area contributed by atoms with Gasteiger partial charge in [0.25, 0.3) is 0 Å². The van der Waals surface area contributed by atoms with Gasteiger partial charge < -0.3 is 10.3 Å². The molecule has 0 unspecified atom stereocenters. The number of rotatable bonds is 6. The largest absolute Gasteiger partial charge is 0.358 e. The summed E-state index contributed by atoms with van der Waals surface area (Å²) in [6, 6.07) is 21.1. The van der Waals surface area contributed by atoms with E-state index in [4.69, 9.17) is 4.98 Å². The van der Waals surface area contributed by atoms with Crippen LogP contribution in [-0.4, -0.2) is 22.9 Å². The van der Waals surface area contributed by atoms with Crippen molar-refractivity contribution in [1.29, 1.82) is 0 Å². The molecule has 1 amide bonds. The van der Waals surface area contributed by atoms with Gasteiger partial charge >= 0.3 is 0 Å². The van der Waals surface area contributed by atoms with Crippen LogP contribution in [-0.2, 0) is 16.6 Å².